The SMILES string of the molecule is CCCCCOC(=O)c1[nH]c2c(c1C)C(=O)C[C@H](c1cc(OC)ccc1OC)C2. The van der Waals surface area contributed by atoms with E-state index in [2.05, 4.69) is 11.9 Å². The average molecular weight is 399 g/mol. The summed E-state index contributed by atoms with van der Waals surface area (Å²) in [5, 5.41) is 0. The maximum absolute atomic E-state index is 12.9. The molecule has 0 unspecified atom stereocenters. The fourth-order valence-corrected chi connectivity index (χ4v) is 4.00. The van der Waals surface area contributed by atoms with Crippen molar-refractivity contribution in [3.8, 4) is 11.5 Å². The monoisotopic (exact) mass is 399 g/mol. The highest BCUT2D eigenvalue weighted by molar-refractivity contribution is 6.03. The number of aromatic amines is 1. The van der Waals surface area contributed by atoms with Crippen molar-refractivity contribution < 1.29 is 23.8 Å². The van der Waals surface area contributed by atoms with E-state index < -0.39 is 5.97 Å². The van der Waals surface area contributed by atoms with Crippen molar-refractivity contribution in [1.29, 1.82) is 0 Å². The second-order valence-corrected chi connectivity index (χ2v) is 7.46. The lowest BCUT2D eigenvalue weighted by Gasteiger charge is -2.24. The standard InChI is InChI=1S/C23H29NO5/c1-5-6-7-10-29-23(26)22-14(2)21-18(24-22)11-15(12-19(21)25)17-13-16(27-3)8-9-20(17)28-4/h8-9,13,15,24H,5-7,10-12H2,1-4H3/t15-/m1/s1. The molecule has 6 heteroatoms. The van der Waals surface area contributed by atoms with Crippen molar-refractivity contribution in [2.45, 2.75) is 51.9 Å². The van der Waals surface area contributed by atoms with Gasteiger partial charge in [-0.3, -0.25) is 4.79 Å². The van der Waals surface area contributed by atoms with E-state index in [0.29, 0.717) is 36.3 Å². The molecule has 0 amide bonds. The van der Waals surface area contributed by atoms with Crippen LogP contribution in [0.3, 0.4) is 0 Å². The Morgan fingerprint density at radius 1 is 1.17 bits per heavy atom. The van der Waals surface area contributed by atoms with Crippen LogP contribution >= 0.6 is 0 Å². The number of fused-ring (bicyclic) bond motifs is 1. The van der Waals surface area contributed by atoms with Gasteiger partial charge in [-0.15, -0.1) is 0 Å². The second-order valence-electron chi connectivity index (χ2n) is 7.46. The Morgan fingerprint density at radius 3 is 2.66 bits per heavy atom. The van der Waals surface area contributed by atoms with Crippen LogP contribution in [-0.4, -0.2) is 37.6 Å². The van der Waals surface area contributed by atoms with Crippen LogP contribution in [0.15, 0.2) is 18.2 Å². The van der Waals surface area contributed by atoms with Gasteiger partial charge in [-0.25, -0.2) is 4.79 Å². The van der Waals surface area contributed by atoms with Gasteiger partial charge in [-0.1, -0.05) is 19.8 Å². The van der Waals surface area contributed by atoms with E-state index in [4.69, 9.17) is 14.2 Å². The minimum Gasteiger partial charge on any atom is -0.497 e. The fourth-order valence-electron chi connectivity index (χ4n) is 4.00. The molecule has 1 aliphatic rings. The maximum atomic E-state index is 12.9. The van der Waals surface area contributed by atoms with E-state index in [0.717, 1.165) is 42.0 Å². The third-order valence-electron chi connectivity index (χ3n) is 5.55. The molecule has 3 rings (SSSR count). The van der Waals surface area contributed by atoms with Crippen molar-refractivity contribution in [2.75, 3.05) is 20.8 Å². The van der Waals surface area contributed by atoms with Gasteiger partial charge in [0.15, 0.2) is 5.78 Å². The summed E-state index contributed by atoms with van der Waals surface area (Å²) in [6.07, 6.45) is 3.92. The molecule has 0 aliphatic heterocycles. The Morgan fingerprint density at radius 2 is 1.97 bits per heavy atom. The maximum Gasteiger partial charge on any atom is 0.355 e. The number of aromatic nitrogens is 1. The average Bonchev–Trinajstić information content (AvgIpc) is 3.07. The predicted octanol–water partition coefficient (Wildman–Crippen LogP) is 4.60. The molecule has 0 fully saturated rings. The van der Waals surface area contributed by atoms with Crippen LogP contribution in [0, 0.1) is 6.92 Å². The molecule has 1 atom stereocenters. The number of rotatable bonds is 8. The Hall–Kier alpha value is -2.76. The Bertz CT molecular complexity index is 899. The van der Waals surface area contributed by atoms with Crippen LogP contribution in [0.1, 0.15) is 76.2 Å². The first kappa shape index (κ1) is 21.0. The first-order chi connectivity index (χ1) is 14.0. The summed E-state index contributed by atoms with van der Waals surface area (Å²) >= 11 is 0. The highest BCUT2D eigenvalue weighted by Gasteiger charge is 2.33. The molecule has 2 aromatic rings. The van der Waals surface area contributed by atoms with E-state index in [1.807, 2.05) is 25.1 Å². The molecule has 1 aromatic carbocycles. The zero-order valence-electron chi connectivity index (χ0n) is 17.6. The summed E-state index contributed by atoms with van der Waals surface area (Å²) < 4.78 is 16.2. The highest BCUT2D eigenvalue weighted by atomic mass is 16.5. The van der Waals surface area contributed by atoms with Crippen molar-refractivity contribution >= 4 is 11.8 Å². The van der Waals surface area contributed by atoms with E-state index in [1.54, 1.807) is 14.2 Å². The molecule has 0 saturated heterocycles. The van der Waals surface area contributed by atoms with Gasteiger partial charge < -0.3 is 19.2 Å². The number of esters is 1. The first-order valence-corrected chi connectivity index (χ1v) is 10.1. The number of nitrogens with one attached hydrogen (secondary N) is 1. The van der Waals surface area contributed by atoms with Gasteiger partial charge in [0, 0.05) is 29.2 Å². The number of ether oxygens (including phenoxy) is 3. The molecule has 29 heavy (non-hydrogen) atoms. The number of Topliss-reactive ketones (excluding diaryl/α,β-unsaturated/α-hetero) is 1. The van der Waals surface area contributed by atoms with Gasteiger partial charge in [-0.05, 0) is 43.5 Å². The number of unbranched alkanes of at least 4 members (excludes halogenated alkanes) is 2. The van der Waals surface area contributed by atoms with E-state index in [9.17, 15) is 9.59 Å². The number of ketones is 1. The largest absolute Gasteiger partial charge is 0.497 e. The molecule has 1 N–H and O–H groups in total. The molecular formula is C23H29NO5. The minimum absolute atomic E-state index is 0.0277. The molecule has 0 bridgehead atoms. The molecule has 156 valence electrons. The number of hydrogen-bond donors (Lipinski definition) is 1. The number of benzene rings is 1. The third kappa shape index (κ3) is 4.31. The zero-order valence-corrected chi connectivity index (χ0v) is 17.6. The van der Waals surface area contributed by atoms with Crippen molar-refractivity contribution in [3.63, 3.8) is 0 Å². The van der Waals surface area contributed by atoms with Gasteiger partial charge in [0.2, 0.25) is 0 Å². The summed E-state index contributed by atoms with van der Waals surface area (Å²) in [6, 6.07) is 5.61. The van der Waals surface area contributed by atoms with Crippen LogP contribution in [0.5, 0.6) is 11.5 Å². The Balaban J connectivity index is 1.85. The zero-order chi connectivity index (χ0) is 21.0. The topological polar surface area (TPSA) is 77.6 Å². The Kier molecular flexibility index (Phi) is 6.62. The first-order valence-electron chi connectivity index (χ1n) is 10.1. The van der Waals surface area contributed by atoms with E-state index >= 15 is 0 Å². The van der Waals surface area contributed by atoms with Crippen molar-refractivity contribution in [2.24, 2.45) is 0 Å². The second kappa shape index (κ2) is 9.16. The van der Waals surface area contributed by atoms with E-state index in [-0.39, 0.29) is 11.7 Å². The number of carbonyl (C=O) groups excluding carboxylic acids is 2. The van der Waals surface area contributed by atoms with Crippen LogP contribution < -0.4 is 9.47 Å². The van der Waals surface area contributed by atoms with Gasteiger partial charge in [0.25, 0.3) is 0 Å². The lowest BCUT2D eigenvalue weighted by atomic mass is 9.81. The minimum atomic E-state index is -0.392. The number of hydrogen-bond acceptors (Lipinski definition) is 5. The molecule has 1 aromatic heterocycles. The Labute approximate surface area is 171 Å². The van der Waals surface area contributed by atoms with Crippen molar-refractivity contribution in [1.82, 2.24) is 4.98 Å². The fraction of sp³-hybridized carbons (Fsp3) is 0.478. The van der Waals surface area contributed by atoms with Gasteiger partial charge in [0.05, 0.1) is 20.8 Å². The van der Waals surface area contributed by atoms with Gasteiger partial charge in [-0.2, -0.15) is 0 Å². The quantitative estimate of drug-likeness (QED) is 0.518. The number of H-pyrrole nitrogens is 1. The van der Waals surface area contributed by atoms with Crippen LogP contribution in [0.4, 0.5) is 0 Å². The van der Waals surface area contributed by atoms with Gasteiger partial charge in [0.1, 0.15) is 17.2 Å². The third-order valence-corrected chi connectivity index (χ3v) is 5.55. The predicted molar refractivity (Wildman–Crippen MR) is 110 cm³/mol. The molecule has 6 nitrogen and oxygen atoms in total. The smallest absolute Gasteiger partial charge is 0.355 e. The highest BCUT2D eigenvalue weighted by Crippen LogP contribution is 2.40. The normalized spacial score (nSPS) is 15.7. The number of carbonyl (C=O) groups is 2. The lowest BCUT2D eigenvalue weighted by molar-refractivity contribution is 0.0491. The molecule has 1 aliphatic carbocycles. The summed E-state index contributed by atoms with van der Waals surface area (Å²) in [5.74, 6) is 1.03. The summed E-state index contributed by atoms with van der Waals surface area (Å²) in [5.41, 5.74) is 3.42. The molecular weight excluding hydrogens is 370 g/mol. The van der Waals surface area contributed by atoms with Crippen LogP contribution in [0.2, 0.25) is 0 Å². The summed E-state index contributed by atoms with van der Waals surface area (Å²) in [4.78, 5) is 28.6. The summed E-state index contributed by atoms with van der Waals surface area (Å²) in [6.45, 7) is 4.31. The molecule has 0 spiro atoms. The molecule has 0 radical (unpaired) electrons. The lowest BCUT2D eigenvalue weighted by Crippen LogP contribution is -2.19. The molecule has 1 heterocycles. The van der Waals surface area contributed by atoms with E-state index in [1.165, 1.54) is 0 Å². The van der Waals surface area contributed by atoms with Crippen LogP contribution in [-0.2, 0) is 11.2 Å². The van der Waals surface area contributed by atoms with Crippen LogP contribution in [0.25, 0.3) is 0 Å². The van der Waals surface area contributed by atoms with Crippen molar-refractivity contribution in [3.05, 3.63) is 46.3 Å². The summed E-state index contributed by atoms with van der Waals surface area (Å²) in [7, 11) is 3.23. The van der Waals surface area contributed by atoms with Gasteiger partial charge >= 0.3 is 5.97 Å². The number of methoxy groups -OCH3 is 2. The molecule has 0 saturated carbocycles.